The fourth-order valence-electron chi connectivity index (χ4n) is 9.34. The Labute approximate surface area is 320 Å². The van der Waals surface area contributed by atoms with Crippen molar-refractivity contribution in [2.24, 2.45) is 13.0 Å². The monoisotopic (exact) mass is 740 g/mol. The van der Waals surface area contributed by atoms with E-state index in [4.69, 9.17) is 4.74 Å². The van der Waals surface area contributed by atoms with Crippen molar-refractivity contribution in [3.05, 3.63) is 124 Å². The van der Waals surface area contributed by atoms with Gasteiger partial charge in [-0.1, -0.05) is 48.5 Å². The Morgan fingerprint density at radius 1 is 0.745 bits per heavy atom. The number of piperidine rings is 2. The number of piperazine rings is 1. The normalized spacial score (nSPS) is 22.5. The van der Waals surface area contributed by atoms with Crippen LogP contribution in [0, 0.1) is 5.92 Å². The fraction of sp³-hybridized carbons (Fsp3) is 0.386. The number of aromatic hydroxyl groups is 1. The van der Waals surface area contributed by atoms with Crippen molar-refractivity contribution in [3.63, 3.8) is 0 Å². The quantitative estimate of drug-likeness (QED) is 0.212. The molecule has 2 amide bonds. The molecular weight excluding hydrogens is 693 g/mol. The maximum Gasteiger partial charge on any atom is 0.329 e. The number of nitrogens with one attached hydrogen (secondary N) is 1. The molecule has 0 spiro atoms. The van der Waals surface area contributed by atoms with E-state index in [1.807, 2.05) is 18.2 Å². The lowest BCUT2D eigenvalue weighted by molar-refractivity contribution is -0.135. The van der Waals surface area contributed by atoms with E-state index >= 15 is 0 Å². The first-order valence-electron chi connectivity index (χ1n) is 19.7. The van der Waals surface area contributed by atoms with E-state index in [0.29, 0.717) is 18.9 Å². The number of phenolic OH excluding ortho intramolecular Hbond substituents is 1. The van der Waals surface area contributed by atoms with Crippen molar-refractivity contribution in [1.29, 1.82) is 0 Å². The van der Waals surface area contributed by atoms with E-state index in [9.17, 15) is 19.5 Å². The van der Waals surface area contributed by atoms with Crippen molar-refractivity contribution in [2.45, 2.75) is 50.4 Å². The second-order valence-electron chi connectivity index (χ2n) is 15.7. The van der Waals surface area contributed by atoms with Crippen LogP contribution in [0.15, 0.2) is 95.8 Å². The molecule has 0 saturated carbocycles. The third-order valence-electron chi connectivity index (χ3n) is 12.4. The summed E-state index contributed by atoms with van der Waals surface area (Å²) in [6.07, 6.45) is 2.79. The number of hydrogen-bond acceptors (Lipinski definition) is 8. The Kier molecular flexibility index (Phi) is 9.43. The minimum atomic E-state index is -0.679. The van der Waals surface area contributed by atoms with E-state index in [0.717, 1.165) is 73.7 Å². The van der Waals surface area contributed by atoms with Crippen LogP contribution in [0.3, 0.4) is 0 Å². The zero-order valence-electron chi connectivity index (χ0n) is 31.3. The molecule has 4 aliphatic heterocycles. The van der Waals surface area contributed by atoms with Gasteiger partial charge in [-0.2, -0.15) is 0 Å². The first-order valence-corrected chi connectivity index (χ1v) is 19.7. The SMILES string of the molecule is Cn1c(=O)n([C@@H]2CCC(=O)NC2=O)c2ccc(N3CCN(CC4CCN(c5ccc([C@@H]6c7ccc(O)cc7CO[C@@H]6c6ccccc6)cc5)CC4)CC3)cc21. The van der Waals surface area contributed by atoms with Gasteiger partial charge in [-0.25, -0.2) is 4.79 Å². The summed E-state index contributed by atoms with van der Waals surface area (Å²) >= 11 is 0. The van der Waals surface area contributed by atoms with Gasteiger partial charge in [0.1, 0.15) is 11.8 Å². The minimum absolute atomic E-state index is 0.0376. The number of hydrogen-bond donors (Lipinski definition) is 2. The number of fused-ring (bicyclic) bond motifs is 2. The Morgan fingerprint density at radius 3 is 2.22 bits per heavy atom. The highest BCUT2D eigenvalue weighted by atomic mass is 16.5. The molecule has 4 aromatic carbocycles. The van der Waals surface area contributed by atoms with Crippen LogP contribution in [-0.4, -0.2) is 76.8 Å². The van der Waals surface area contributed by atoms with Gasteiger partial charge in [0.15, 0.2) is 0 Å². The molecule has 284 valence electrons. The largest absolute Gasteiger partial charge is 0.508 e. The molecule has 0 bridgehead atoms. The van der Waals surface area contributed by atoms with Crippen molar-refractivity contribution < 1.29 is 19.4 Å². The predicted molar refractivity (Wildman–Crippen MR) is 213 cm³/mol. The number of nitrogens with zero attached hydrogens (tertiary/aromatic N) is 5. The lowest BCUT2D eigenvalue weighted by atomic mass is 9.79. The molecule has 11 nitrogen and oxygen atoms in total. The van der Waals surface area contributed by atoms with Crippen molar-refractivity contribution in [1.82, 2.24) is 19.4 Å². The highest BCUT2D eigenvalue weighted by Gasteiger charge is 2.34. The van der Waals surface area contributed by atoms with Crippen LogP contribution in [0.2, 0.25) is 0 Å². The predicted octanol–water partition coefficient (Wildman–Crippen LogP) is 5.47. The molecule has 5 aromatic rings. The van der Waals surface area contributed by atoms with Gasteiger partial charge in [0.2, 0.25) is 11.8 Å². The number of aryl methyl sites for hydroxylation is 1. The van der Waals surface area contributed by atoms with Crippen LogP contribution in [0.25, 0.3) is 11.0 Å². The summed E-state index contributed by atoms with van der Waals surface area (Å²) in [5.74, 6) is 0.270. The number of imidazole rings is 1. The van der Waals surface area contributed by atoms with Gasteiger partial charge in [-0.05, 0) is 89.9 Å². The molecule has 0 unspecified atom stereocenters. The molecule has 4 aliphatic rings. The highest BCUT2D eigenvalue weighted by molar-refractivity contribution is 6.00. The van der Waals surface area contributed by atoms with Gasteiger partial charge in [-0.15, -0.1) is 0 Å². The summed E-state index contributed by atoms with van der Waals surface area (Å²) in [5, 5.41) is 12.6. The van der Waals surface area contributed by atoms with Crippen LogP contribution in [-0.2, 0) is 28.0 Å². The van der Waals surface area contributed by atoms with Crippen LogP contribution < -0.4 is 20.8 Å². The highest BCUT2D eigenvalue weighted by Crippen LogP contribution is 2.46. The molecule has 3 saturated heterocycles. The molecule has 1 aromatic heterocycles. The second kappa shape index (κ2) is 14.7. The molecule has 55 heavy (non-hydrogen) atoms. The van der Waals surface area contributed by atoms with E-state index in [1.54, 1.807) is 22.2 Å². The number of rotatable bonds is 7. The standard InChI is InChI=1S/C44H48N6O5/c1-46-39-26-34(11-14-37(39)50(44(46)54)38-15-16-40(52)45-43(38)53)49-23-21-47(22-24-49)27-29-17-19-48(20-18-29)33-9-7-30(8-10-33)41-36-13-12-35(51)25-32(36)28-55-42(41)31-5-3-2-4-6-31/h2-14,25-26,29,38,41-42,51H,15-24,27-28H2,1H3,(H,45,52,53)/t38-,41-,42-/m1/s1. The summed E-state index contributed by atoms with van der Waals surface area (Å²) in [6.45, 7) is 7.50. The average Bonchev–Trinajstić information content (AvgIpc) is 3.46. The Morgan fingerprint density at radius 2 is 1.47 bits per heavy atom. The number of phenols is 1. The molecule has 3 atom stereocenters. The number of aromatic nitrogens is 2. The Hall–Kier alpha value is -5.39. The van der Waals surface area contributed by atoms with E-state index in [2.05, 4.69) is 86.7 Å². The topological polar surface area (TPSA) is 112 Å². The smallest absolute Gasteiger partial charge is 0.329 e. The van der Waals surface area contributed by atoms with Crippen molar-refractivity contribution in [2.75, 3.05) is 55.6 Å². The lowest BCUT2D eigenvalue weighted by Gasteiger charge is -2.40. The third-order valence-corrected chi connectivity index (χ3v) is 12.4. The molecule has 0 radical (unpaired) electrons. The zero-order chi connectivity index (χ0) is 37.6. The Balaban J connectivity index is 0.804. The van der Waals surface area contributed by atoms with Gasteiger partial charge in [0.25, 0.3) is 0 Å². The number of carbonyl (C=O) groups is 2. The summed E-state index contributed by atoms with van der Waals surface area (Å²) in [4.78, 5) is 45.1. The molecule has 3 fully saturated rings. The second-order valence-corrected chi connectivity index (χ2v) is 15.7. The Bertz CT molecular complexity index is 2270. The van der Waals surface area contributed by atoms with Crippen molar-refractivity contribution >= 4 is 34.2 Å². The number of benzene rings is 4. The average molecular weight is 741 g/mol. The van der Waals surface area contributed by atoms with E-state index in [1.165, 1.54) is 29.7 Å². The number of amides is 2. The molecule has 9 rings (SSSR count). The van der Waals surface area contributed by atoms with Gasteiger partial charge >= 0.3 is 5.69 Å². The number of carbonyl (C=O) groups excluding carboxylic acids is 2. The number of ether oxygens (including phenoxy) is 1. The van der Waals surface area contributed by atoms with Crippen molar-refractivity contribution in [3.8, 4) is 5.75 Å². The van der Waals surface area contributed by atoms with Crippen LogP contribution in [0.1, 0.15) is 66.0 Å². The first kappa shape index (κ1) is 35.3. The van der Waals surface area contributed by atoms with Gasteiger partial charge < -0.3 is 19.6 Å². The van der Waals surface area contributed by atoms with Crippen LogP contribution >= 0.6 is 0 Å². The van der Waals surface area contributed by atoms with E-state index < -0.39 is 11.9 Å². The van der Waals surface area contributed by atoms with Crippen LogP contribution in [0.5, 0.6) is 5.75 Å². The summed E-state index contributed by atoms with van der Waals surface area (Å²) in [7, 11) is 1.75. The van der Waals surface area contributed by atoms with Gasteiger partial charge in [0.05, 0.1) is 23.7 Å². The molecule has 2 N–H and O–H groups in total. The summed E-state index contributed by atoms with van der Waals surface area (Å²) in [6, 6.07) is 30.6. The van der Waals surface area contributed by atoms with Crippen LogP contribution in [0.4, 0.5) is 11.4 Å². The van der Waals surface area contributed by atoms with Gasteiger partial charge in [0, 0.05) is 76.6 Å². The lowest BCUT2D eigenvalue weighted by Crippen LogP contribution is -2.49. The number of imide groups is 1. The maximum atomic E-state index is 13.2. The minimum Gasteiger partial charge on any atom is -0.508 e. The van der Waals surface area contributed by atoms with Gasteiger partial charge in [-0.3, -0.25) is 28.9 Å². The summed E-state index contributed by atoms with van der Waals surface area (Å²) in [5.41, 5.74) is 8.24. The maximum absolute atomic E-state index is 13.2. The summed E-state index contributed by atoms with van der Waals surface area (Å²) < 4.78 is 9.60. The molecule has 5 heterocycles. The third kappa shape index (κ3) is 6.80. The molecule has 0 aliphatic carbocycles. The fourth-order valence-corrected chi connectivity index (χ4v) is 9.34. The zero-order valence-corrected chi connectivity index (χ0v) is 31.3. The number of anilines is 2. The first-order chi connectivity index (χ1) is 26.8. The molecule has 11 heteroatoms. The molecular formula is C44H48N6O5. The van der Waals surface area contributed by atoms with E-state index in [-0.39, 0.29) is 35.8 Å².